The Morgan fingerprint density at radius 2 is 2.15 bits per heavy atom. The van der Waals surface area contributed by atoms with Crippen molar-refractivity contribution in [2.75, 3.05) is 6.54 Å². The zero-order valence-corrected chi connectivity index (χ0v) is 12.1. The molecule has 2 nitrogen and oxygen atoms in total. The lowest BCUT2D eigenvalue weighted by Crippen LogP contribution is -2.31. The molecule has 2 bridgehead atoms. The van der Waals surface area contributed by atoms with Crippen molar-refractivity contribution in [3.05, 3.63) is 36.1 Å². The van der Waals surface area contributed by atoms with Crippen molar-refractivity contribution in [2.45, 2.75) is 38.6 Å². The Hall–Kier alpha value is -1.28. The number of hydrogen-bond acceptors (Lipinski definition) is 2. The van der Waals surface area contributed by atoms with Gasteiger partial charge in [-0.05, 0) is 55.7 Å². The van der Waals surface area contributed by atoms with Crippen LogP contribution in [0.25, 0.3) is 11.0 Å². The third-order valence-electron chi connectivity index (χ3n) is 5.40. The first-order valence-corrected chi connectivity index (χ1v) is 8.07. The number of furan rings is 1. The van der Waals surface area contributed by atoms with Crippen LogP contribution in [0.5, 0.6) is 0 Å². The second kappa shape index (κ2) is 4.92. The molecule has 2 aliphatic carbocycles. The smallest absolute Gasteiger partial charge is 0.134 e. The topological polar surface area (TPSA) is 25.2 Å². The second-order valence-corrected chi connectivity index (χ2v) is 6.56. The van der Waals surface area contributed by atoms with E-state index < -0.39 is 0 Å². The van der Waals surface area contributed by atoms with Gasteiger partial charge in [0.15, 0.2) is 0 Å². The van der Waals surface area contributed by atoms with E-state index in [1.807, 2.05) is 0 Å². The Labute approximate surface area is 120 Å². The first kappa shape index (κ1) is 12.5. The Balaban J connectivity index is 1.67. The summed E-state index contributed by atoms with van der Waals surface area (Å²) in [6.07, 6.45) is 5.73. The van der Waals surface area contributed by atoms with Crippen molar-refractivity contribution in [3.8, 4) is 0 Å². The molecule has 2 aromatic rings. The molecule has 2 aliphatic rings. The molecule has 0 saturated heterocycles. The lowest BCUT2D eigenvalue weighted by Gasteiger charge is -2.29. The Morgan fingerprint density at radius 1 is 1.25 bits per heavy atom. The molecule has 1 heterocycles. The van der Waals surface area contributed by atoms with Crippen LogP contribution in [0.15, 0.2) is 34.7 Å². The molecule has 1 N–H and O–H groups in total. The van der Waals surface area contributed by atoms with E-state index in [4.69, 9.17) is 4.42 Å². The predicted octanol–water partition coefficient (Wildman–Crippen LogP) is 4.52. The van der Waals surface area contributed by atoms with Crippen molar-refractivity contribution >= 4 is 11.0 Å². The minimum absolute atomic E-state index is 0.405. The maximum absolute atomic E-state index is 6.14. The highest BCUT2D eigenvalue weighted by atomic mass is 16.3. The maximum Gasteiger partial charge on any atom is 0.134 e. The molecule has 1 aromatic carbocycles. The summed E-state index contributed by atoms with van der Waals surface area (Å²) in [4.78, 5) is 0. The summed E-state index contributed by atoms with van der Waals surface area (Å²) in [6, 6.07) is 11.0. The summed E-state index contributed by atoms with van der Waals surface area (Å²) < 4.78 is 6.14. The predicted molar refractivity (Wildman–Crippen MR) is 81.6 cm³/mol. The van der Waals surface area contributed by atoms with E-state index in [9.17, 15) is 0 Å². The van der Waals surface area contributed by atoms with Crippen LogP contribution in [0.2, 0.25) is 0 Å². The largest absolute Gasteiger partial charge is 0.459 e. The van der Waals surface area contributed by atoms with Crippen molar-refractivity contribution < 1.29 is 4.42 Å². The minimum Gasteiger partial charge on any atom is -0.459 e. The first-order chi connectivity index (χ1) is 9.85. The number of hydrogen-bond donors (Lipinski definition) is 1. The molecule has 20 heavy (non-hydrogen) atoms. The molecule has 106 valence electrons. The van der Waals surface area contributed by atoms with Crippen LogP contribution < -0.4 is 5.32 Å². The number of fused-ring (bicyclic) bond motifs is 3. The third kappa shape index (κ3) is 1.98. The molecule has 2 heteroatoms. The van der Waals surface area contributed by atoms with Crippen molar-refractivity contribution in [2.24, 2.45) is 17.8 Å². The normalized spacial score (nSPS) is 30.1. The van der Waals surface area contributed by atoms with Gasteiger partial charge in [-0.3, -0.25) is 0 Å². The monoisotopic (exact) mass is 269 g/mol. The summed E-state index contributed by atoms with van der Waals surface area (Å²) in [5, 5.41) is 4.92. The molecule has 1 aromatic heterocycles. The zero-order valence-electron chi connectivity index (χ0n) is 12.1. The van der Waals surface area contributed by atoms with Gasteiger partial charge in [-0.15, -0.1) is 0 Å². The van der Waals surface area contributed by atoms with Crippen LogP contribution in [0.1, 0.15) is 44.4 Å². The number of nitrogens with one attached hydrogen (secondary N) is 1. The van der Waals surface area contributed by atoms with Crippen molar-refractivity contribution in [1.82, 2.24) is 5.32 Å². The second-order valence-electron chi connectivity index (χ2n) is 6.56. The van der Waals surface area contributed by atoms with E-state index in [-0.39, 0.29) is 0 Å². The molecule has 0 radical (unpaired) electrons. The van der Waals surface area contributed by atoms with Crippen LogP contribution in [-0.2, 0) is 0 Å². The van der Waals surface area contributed by atoms with Crippen molar-refractivity contribution in [3.63, 3.8) is 0 Å². The quantitative estimate of drug-likeness (QED) is 0.882. The fourth-order valence-corrected chi connectivity index (χ4v) is 4.54. The molecule has 2 fully saturated rings. The van der Waals surface area contributed by atoms with E-state index in [2.05, 4.69) is 42.6 Å². The highest BCUT2D eigenvalue weighted by Gasteiger charge is 2.44. The fraction of sp³-hybridized carbons (Fsp3) is 0.556. The van der Waals surface area contributed by atoms with Crippen LogP contribution in [0, 0.1) is 17.8 Å². The van der Waals surface area contributed by atoms with E-state index in [0.29, 0.717) is 6.04 Å². The number of rotatable bonds is 4. The van der Waals surface area contributed by atoms with E-state index >= 15 is 0 Å². The molecule has 0 aliphatic heterocycles. The average molecular weight is 269 g/mol. The lowest BCUT2D eigenvalue weighted by molar-refractivity contribution is 0.231. The lowest BCUT2D eigenvalue weighted by atomic mass is 9.82. The highest BCUT2D eigenvalue weighted by molar-refractivity contribution is 5.77. The van der Waals surface area contributed by atoms with Gasteiger partial charge in [0.2, 0.25) is 0 Å². The summed E-state index contributed by atoms with van der Waals surface area (Å²) in [6.45, 7) is 3.21. The number of para-hydroxylation sites is 1. The summed E-state index contributed by atoms with van der Waals surface area (Å²) in [5.41, 5.74) is 1.02. The molecule has 4 atom stereocenters. The number of benzene rings is 1. The zero-order chi connectivity index (χ0) is 13.5. The minimum atomic E-state index is 0.405. The molecule has 4 unspecified atom stereocenters. The van der Waals surface area contributed by atoms with Gasteiger partial charge < -0.3 is 9.73 Å². The van der Waals surface area contributed by atoms with Gasteiger partial charge >= 0.3 is 0 Å². The van der Waals surface area contributed by atoms with Gasteiger partial charge in [-0.2, -0.15) is 0 Å². The van der Waals surface area contributed by atoms with Gasteiger partial charge in [0, 0.05) is 5.39 Å². The van der Waals surface area contributed by atoms with Gasteiger partial charge in [0.25, 0.3) is 0 Å². The van der Waals surface area contributed by atoms with E-state index in [1.165, 1.54) is 31.1 Å². The van der Waals surface area contributed by atoms with Gasteiger partial charge in [-0.1, -0.05) is 31.5 Å². The fourth-order valence-electron chi connectivity index (χ4n) is 4.54. The van der Waals surface area contributed by atoms with Crippen LogP contribution in [-0.4, -0.2) is 6.54 Å². The molecule has 0 spiro atoms. The summed E-state index contributed by atoms with van der Waals surface area (Å²) in [5.74, 6) is 3.81. The van der Waals surface area contributed by atoms with Gasteiger partial charge in [0.05, 0.1) is 6.04 Å². The Morgan fingerprint density at radius 3 is 2.85 bits per heavy atom. The maximum atomic E-state index is 6.14. The SMILES string of the molecule is CCNC(c1cc2ccccc2o1)C1CC2CCC1C2. The Kier molecular flexibility index (Phi) is 3.07. The summed E-state index contributed by atoms with van der Waals surface area (Å²) >= 11 is 0. The standard InChI is InChI=1S/C18H23NO/c1-2-19-18(15-10-12-7-8-13(15)9-12)17-11-14-5-3-4-6-16(14)20-17/h3-6,11-13,15,18-19H,2,7-10H2,1H3. The molecular weight excluding hydrogens is 246 g/mol. The molecule has 4 rings (SSSR count). The Bertz CT molecular complexity index is 569. The van der Waals surface area contributed by atoms with Crippen molar-refractivity contribution in [1.29, 1.82) is 0 Å². The molecule has 0 amide bonds. The third-order valence-corrected chi connectivity index (χ3v) is 5.40. The van der Waals surface area contributed by atoms with E-state index in [1.54, 1.807) is 0 Å². The average Bonchev–Trinajstić information content (AvgIpc) is 3.18. The first-order valence-electron chi connectivity index (χ1n) is 8.07. The van der Waals surface area contributed by atoms with Crippen LogP contribution >= 0.6 is 0 Å². The molecule has 2 saturated carbocycles. The summed E-state index contributed by atoms with van der Waals surface area (Å²) in [7, 11) is 0. The van der Waals surface area contributed by atoms with Gasteiger partial charge in [-0.25, -0.2) is 0 Å². The van der Waals surface area contributed by atoms with E-state index in [0.717, 1.165) is 35.6 Å². The van der Waals surface area contributed by atoms with Gasteiger partial charge in [0.1, 0.15) is 11.3 Å². The van der Waals surface area contributed by atoms with Crippen LogP contribution in [0.4, 0.5) is 0 Å². The molecular formula is C18H23NO. The van der Waals surface area contributed by atoms with Crippen LogP contribution in [0.3, 0.4) is 0 Å². The highest BCUT2D eigenvalue weighted by Crippen LogP contribution is 2.52.